The van der Waals surface area contributed by atoms with E-state index in [4.69, 9.17) is 0 Å². The number of hydrogen-bond acceptors (Lipinski definition) is 5. The SMILES string of the molecule is C.CC(=O)NN=C(C)C.CC(C)=O.CNNC=O. The van der Waals surface area contributed by atoms with Crippen molar-refractivity contribution < 1.29 is 14.4 Å². The molecule has 108 valence electrons. The second-order valence-corrected chi connectivity index (χ2v) is 3.15. The van der Waals surface area contributed by atoms with Gasteiger partial charge in [-0.05, 0) is 27.7 Å². The van der Waals surface area contributed by atoms with E-state index in [1.165, 1.54) is 20.8 Å². The van der Waals surface area contributed by atoms with E-state index in [9.17, 15) is 14.4 Å². The molecule has 0 rings (SSSR count). The lowest BCUT2D eigenvalue weighted by Gasteiger charge is -1.90. The van der Waals surface area contributed by atoms with Gasteiger partial charge in [0.25, 0.3) is 0 Å². The first-order chi connectivity index (χ1) is 7.77. The Morgan fingerprint density at radius 2 is 1.44 bits per heavy atom. The number of rotatable bonds is 3. The minimum atomic E-state index is -0.133. The summed E-state index contributed by atoms with van der Waals surface area (Å²) in [4.78, 5) is 28.8. The first-order valence-corrected chi connectivity index (χ1v) is 4.88. The third-order valence-corrected chi connectivity index (χ3v) is 0.640. The first kappa shape index (κ1) is 25.2. The molecule has 0 saturated carbocycles. The maximum absolute atomic E-state index is 10.1. The fourth-order valence-corrected chi connectivity index (χ4v) is 0.249. The summed E-state index contributed by atoms with van der Waals surface area (Å²) in [5.41, 5.74) is 7.72. The van der Waals surface area contributed by atoms with Crippen molar-refractivity contribution in [1.29, 1.82) is 0 Å². The van der Waals surface area contributed by atoms with Crippen molar-refractivity contribution in [3.8, 4) is 0 Å². The van der Waals surface area contributed by atoms with Crippen LogP contribution in [-0.2, 0) is 14.4 Å². The molecule has 0 unspecified atom stereocenters. The largest absolute Gasteiger partial charge is 0.300 e. The van der Waals surface area contributed by atoms with Crippen LogP contribution in [0, 0.1) is 0 Å². The second kappa shape index (κ2) is 20.6. The lowest BCUT2D eigenvalue weighted by Crippen LogP contribution is -2.24. The molecule has 7 heteroatoms. The van der Waals surface area contributed by atoms with Crippen LogP contribution in [0.5, 0.6) is 0 Å². The highest BCUT2D eigenvalue weighted by molar-refractivity contribution is 5.81. The molecule has 2 amide bonds. The summed E-state index contributed by atoms with van der Waals surface area (Å²) in [7, 11) is 1.62. The molecule has 7 nitrogen and oxygen atoms in total. The van der Waals surface area contributed by atoms with E-state index >= 15 is 0 Å². The average molecular weight is 262 g/mol. The average Bonchev–Trinajstić information content (AvgIpc) is 2.16. The van der Waals surface area contributed by atoms with Gasteiger partial charge in [0.05, 0.1) is 0 Å². The summed E-state index contributed by atoms with van der Waals surface area (Å²) in [6, 6.07) is 0. The molecule has 0 spiro atoms. The molecule has 0 heterocycles. The summed E-state index contributed by atoms with van der Waals surface area (Å²) in [6.07, 6.45) is 0.569. The summed E-state index contributed by atoms with van der Waals surface area (Å²) >= 11 is 0. The third kappa shape index (κ3) is 90.9. The van der Waals surface area contributed by atoms with Gasteiger partial charge in [-0.25, -0.2) is 10.9 Å². The Labute approximate surface area is 109 Å². The Kier molecular flexibility index (Phi) is 28.9. The first-order valence-electron chi connectivity index (χ1n) is 4.88. The van der Waals surface area contributed by atoms with E-state index in [2.05, 4.69) is 21.4 Å². The van der Waals surface area contributed by atoms with E-state index in [-0.39, 0.29) is 19.1 Å². The molecule has 3 N–H and O–H groups in total. The monoisotopic (exact) mass is 262 g/mol. The van der Waals surface area contributed by atoms with Gasteiger partial charge in [-0.3, -0.25) is 15.0 Å². The topological polar surface area (TPSA) is 99.7 Å². The van der Waals surface area contributed by atoms with E-state index in [0.29, 0.717) is 6.41 Å². The zero-order valence-corrected chi connectivity index (χ0v) is 11.2. The number of hydrazone groups is 1. The molecule has 0 aliphatic carbocycles. The summed E-state index contributed by atoms with van der Waals surface area (Å²) < 4.78 is 0. The van der Waals surface area contributed by atoms with Crippen LogP contribution in [-0.4, -0.2) is 30.9 Å². The number of hydrazine groups is 1. The van der Waals surface area contributed by atoms with Crippen LogP contribution in [0.1, 0.15) is 42.0 Å². The van der Waals surface area contributed by atoms with E-state index < -0.39 is 0 Å². The molecule has 0 saturated heterocycles. The molecule has 0 aliphatic rings. The van der Waals surface area contributed by atoms with Crippen LogP contribution in [0.3, 0.4) is 0 Å². The van der Waals surface area contributed by atoms with Crippen LogP contribution in [0.2, 0.25) is 0 Å². The molecule has 0 atom stereocenters. The minimum absolute atomic E-state index is 0. The van der Waals surface area contributed by atoms with Gasteiger partial charge in [0.1, 0.15) is 5.78 Å². The molecule has 0 aromatic heterocycles. The number of ketones is 1. The normalized spacial score (nSPS) is 6.78. The smallest absolute Gasteiger partial charge is 0.236 e. The van der Waals surface area contributed by atoms with Crippen LogP contribution >= 0.6 is 0 Å². The van der Waals surface area contributed by atoms with Crippen molar-refractivity contribution in [3.63, 3.8) is 0 Å². The van der Waals surface area contributed by atoms with Gasteiger partial charge < -0.3 is 4.79 Å². The second-order valence-electron chi connectivity index (χ2n) is 3.15. The Morgan fingerprint density at radius 3 is 1.50 bits per heavy atom. The summed E-state index contributed by atoms with van der Waals surface area (Å²) in [5, 5.41) is 3.64. The quantitative estimate of drug-likeness (QED) is 0.394. The molecule has 18 heavy (non-hydrogen) atoms. The minimum Gasteiger partial charge on any atom is -0.300 e. The van der Waals surface area contributed by atoms with Crippen molar-refractivity contribution in [2.75, 3.05) is 7.05 Å². The molecule has 0 aliphatic heterocycles. The predicted octanol–water partition coefficient (Wildman–Crippen LogP) is 0.617. The van der Waals surface area contributed by atoms with Crippen molar-refractivity contribution in [2.45, 2.75) is 42.0 Å². The number of carbonyl (C=O) groups excluding carboxylic acids is 3. The molecule has 0 radical (unpaired) electrons. The van der Waals surface area contributed by atoms with Crippen LogP contribution in [0.15, 0.2) is 5.10 Å². The zero-order chi connectivity index (χ0) is 14.3. The summed E-state index contributed by atoms with van der Waals surface area (Å²) in [6.45, 7) is 8.11. The molecule has 0 aromatic carbocycles. The number of nitrogens with zero attached hydrogens (tertiary/aromatic N) is 1. The van der Waals surface area contributed by atoms with Crippen molar-refractivity contribution in [2.24, 2.45) is 5.10 Å². The van der Waals surface area contributed by atoms with Gasteiger partial charge in [-0.1, -0.05) is 7.43 Å². The fraction of sp³-hybridized carbons (Fsp3) is 0.636. The predicted molar refractivity (Wildman–Crippen MR) is 73.9 cm³/mol. The molecular weight excluding hydrogens is 236 g/mol. The number of carbonyl (C=O) groups is 3. The van der Waals surface area contributed by atoms with Crippen molar-refractivity contribution in [3.05, 3.63) is 0 Å². The third-order valence-electron chi connectivity index (χ3n) is 0.640. The van der Waals surface area contributed by atoms with Gasteiger partial charge >= 0.3 is 0 Å². The van der Waals surface area contributed by atoms with E-state index in [0.717, 1.165) is 5.71 Å². The number of Topliss-reactive ketones (excluding diaryl/α,β-unsaturated/α-hetero) is 1. The van der Waals surface area contributed by atoms with Gasteiger partial charge in [-0.15, -0.1) is 0 Å². The Balaban J connectivity index is -0.0000000855. The zero-order valence-electron chi connectivity index (χ0n) is 11.2. The number of amides is 2. The van der Waals surface area contributed by atoms with E-state index in [1.807, 2.05) is 13.8 Å². The molecule has 0 fully saturated rings. The Hall–Kier alpha value is -1.76. The van der Waals surface area contributed by atoms with Gasteiger partial charge in [-0.2, -0.15) is 5.10 Å². The van der Waals surface area contributed by atoms with E-state index in [1.54, 1.807) is 7.05 Å². The molecule has 0 bridgehead atoms. The standard InChI is InChI=1S/C5H10N2O.C3H6O.C2H6N2O.CH4/c1-4(2)6-7-5(3)8;1-3(2)4;1-3-4-2-5;/h1-3H3,(H,7,8);1-2H3;2-3H,1H3,(H,4,5);1H4. The maximum atomic E-state index is 10.1. The van der Waals surface area contributed by atoms with Crippen LogP contribution in [0.4, 0.5) is 0 Å². The highest BCUT2D eigenvalue weighted by Crippen LogP contribution is 1.68. The van der Waals surface area contributed by atoms with Crippen LogP contribution < -0.4 is 16.3 Å². The Bertz CT molecular complexity index is 245. The van der Waals surface area contributed by atoms with Gasteiger partial charge in [0.15, 0.2) is 0 Å². The van der Waals surface area contributed by atoms with Crippen molar-refractivity contribution >= 4 is 23.8 Å². The van der Waals surface area contributed by atoms with Crippen molar-refractivity contribution in [1.82, 2.24) is 16.3 Å². The number of hydrogen-bond donors (Lipinski definition) is 3. The lowest BCUT2D eigenvalue weighted by atomic mass is 10.5. The van der Waals surface area contributed by atoms with Crippen LogP contribution in [0.25, 0.3) is 0 Å². The highest BCUT2D eigenvalue weighted by Gasteiger charge is 1.82. The fourth-order valence-electron chi connectivity index (χ4n) is 0.249. The molecule has 0 aromatic rings. The van der Waals surface area contributed by atoms with Gasteiger partial charge in [0.2, 0.25) is 12.3 Å². The Morgan fingerprint density at radius 1 is 1.06 bits per heavy atom. The number of nitrogens with one attached hydrogen (secondary N) is 3. The maximum Gasteiger partial charge on any atom is 0.236 e. The van der Waals surface area contributed by atoms with Gasteiger partial charge in [0, 0.05) is 19.7 Å². The lowest BCUT2D eigenvalue weighted by molar-refractivity contribution is -0.119. The summed E-state index contributed by atoms with van der Waals surface area (Å²) in [5.74, 6) is 0.0335. The molecular formula is C11H26N4O3. The highest BCUT2D eigenvalue weighted by atomic mass is 16.2.